The van der Waals surface area contributed by atoms with Crippen molar-refractivity contribution in [3.05, 3.63) is 51.8 Å². The molecule has 3 aromatic rings. The molecule has 2 aromatic carbocycles. The van der Waals surface area contributed by atoms with E-state index in [9.17, 15) is 22.4 Å². The fraction of sp³-hybridized carbons (Fsp3) is 0.391. The molecule has 1 aliphatic rings. The van der Waals surface area contributed by atoms with Crippen molar-refractivity contribution in [2.24, 2.45) is 0 Å². The standard InChI is InChI=1S/C23H23ClF4N4O2/c1-3-15-11-18-19(20(13(15)2)34-21(33)23(26,27)28)30-22(31-8-6-29-7-9-31)32(18)12-14-4-5-17(25)16(24)10-14/h4-5,10-11,29H,3,6-9,12H2,1-2H3. The number of nitrogens with one attached hydrogen (secondary N) is 1. The van der Waals surface area contributed by atoms with Gasteiger partial charge >= 0.3 is 12.1 Å². The molecule has 11 heteroatoms. The molecule has 0 spiro atoms. The van der Waals surface area contributed by atoms with Crippen molar-refractivity contribution in [2.45, 2.75) is 33.0 Å². The Balaban J connectivity index is 1.92. The number of alkyl halides is 3. The van der Waals surface area contributed by atoms with Crippen LogP contribution in [0.15, 0.2) is 24.3 Å². The number of hydrogen-bond acceptors (Lipinski definition) is 5. The van der Waals surface area contributed by atoms with Gasteiger partial charge in [0.05, 0.1) is 17.1 Å². The molecule has 4 rings (SSSR count). The van der Waals surface area contributed by atoms with Gasteiger partial charge in [-0.2, -0.15) is 13.2 Å². The Kier molecular flexibility index (Phi) is 6.73. The highest BCUT2D eigenvalue weighted by Gasteiger charge is 2.42. The van der Waals surface area contributed by atoms with Gasteiger partial charge < -0.3 is 19.5 Å². The normalized spacial score (nSPS) is 14.6. The largest absolute Gasteiger partial charge is 0.491 e. The zero-order chi connectivity index (χ0) is 24.6. The third kappa shape index (κ3) is 4.69. The monoisotopic (exact) mass is 498 g/mol. The molecule has 1 saturated heterocycles. The average Bonchev–Trinajstić information content (AvgIpc) is 3.15. The minimum Gasteiger partial charge on any atom is -0.417 e. The van der Waals surface area contributed by atoms with E-state index in [1.807, 2.05) is 22.5 Å². The molecule has 34 heavy (non-hydrogen) atoms. The molecule has 182 valence electrons. The van der Waals surface area contributed by atoms with E-state index in [2.05, 4.69) is 10.3 Å². The van der Waals surface area contributed by atoms with E-state index in [0.29, 0.717) is 55.2 Å². The van der Waals surface area contributed by atoms with Crippen LogP contribution < -0.4 is 15.0 Å². The van der Waals surface area contributed by atoms with Gasteiger partial charge in [0.15, 0.2) is 5.75 Å². The first kappa shape index (κ1) is 24.3. The lowest BCUT2D eigenvalue weighted by atomic mass is 10.0. The summed E-state index contributed by atoms with van der Waals surface area (Å²) in [6.45, 7) is 6.40. The Morgan fingerprint density at radius 3 is 2.56 bits per heavy atom. The number of piperazine rings is 1. The molecule has 0 aliphatic carbocycles. The van der Waals surface area contributed by atoms with Gasteiger partial charge in [-0.05, 0) is 48.2 Å². The molecule has 0 bridgehead atoms. The number of benzene rings is 2. The number of anilines is 1. The fourth-order valence-electron chi connectivity index (χ4n) is 4.09. The molecular weight excluding hydrogens is 476 g/mol. The lowest BCUT2D eigenvalue weighted by molar-refractivity contribution is -0.189. The first-order chi connectivity index (χ1) is 16.1. The molecular formula is C23H23ClF4N4O2. The number of halogens is 5. The third-order valence-electron chi connectivity index (χ3n) is 5.87. The van der Waals surface area contributed by atoms with Crippen molar-refractivity contribution in [1.29, 1.82) is 0 Å². The van der Waals surface area contributed by atoms with Crippen molar-refractivity contribution in [1.82, 2.24) is 14.9 Å². The van der Waals surface area contributed by atoms with Crippen LogP contribution in [0.4, 0.5) is 23.5 Å². The number of nitrogens with zero attached hydrogens (tertiary/aromatic N) is 3. The van der Waals surface area contributed by atoms with Crippen LogP contribution in [0.2, 0.25) is 5.02 Å². The van der Waals surface area contributed by atoms with Crippen molar-refractivity contribution >= 4 is 34.6 Å². The molecule has 1 aromatic heterocycles. The predicted molar refractivity (Wildman–Crippen MR) is 121 cm³/mol. The number of ether oxygens (including phenoxy) is 1. The number of aromatic nitrogens is 2. The van der Waals surface area contributed by atoms with Crippen LogP contribution in [0.1, 0.15) is 23.6 Å². The number of aryl methyl sites for hydroxylation is 1. The minimum absolute atomic E-state index is 0.0319. The number of carbonyl (C=O) groups excluding carboxylic acids is 1. The second-order valence-electron chi connectivity index (χ2n) is 8.08. The lowest BCUT2D eigenvalue weighted by Crippen LogP contribution is -2.44. The molecule has 0 amide bonds. The zero-order valence-electron chi connectivity index (χ0n) is 18.6. The Morgan fingerprint density at radius 1 is 1.24 bits per heavy atom. The third-order valence-corrected chi connectivity index (χ3v) is 6.16. The highest BCUT2D eigenvalue weighted by molar-refractivity contribution is 6.30. The summed E-state index contributed by atoms with van der Waals surface area (Å²) in [6.07, 6.45) is -4.63. The summed E-state index contributed by atoms with van der Waals surface area (Å²) < 4.78 is 59.5. The van der Waals surface area contributed by atoms with Crippen LogP contribution in [0, 0.1) is 12.7 Å². The molecule has 1 fully saturated rings. The molecule has 1 N–H and O–H groups in total. The summed E-state index contributed by atoms with van der Waals surface area (Å²) in [7, 11) is 0. The molecule has 6 nitrogen and oxygen atoms in total. The van der Waals surface area contributed by atoms with Crippen molar-refractivity contribution in [3.8, 4) is 5.75 Å². The van der Waals surface area contributed by atoms with Gasteiger partial charge in [0.25, 0.3) is 0 Å². The maximum absolute atomic E-state index is 13.7. The topological polar surface area (TPSA) is 59.4 Å². The lowest BCUT2D eigenvalue weighted by Gasteiger charge is -2.29. The Morgan fingerprint density at radius 2 is 1.94 bits per heavy atom. The second kappa shape index (κ2) is 9.42. The molecule has 0 radical (unpaired) electrons. The summed E-state index contributed by atoms with van der Waals surface area (Å²) in [5, 5.41) is 3.22. The summed E-state index contributed by atoms with van der Waals surface area (Å²) in [5.41, 5.74) is 2.52. The van der Waals surface area contributed by atoms with E-state index < -0.39 is 18.0 Å². The van der Waals surface area contributed by atoms with Crippen LogP contribution in [0.25, 0.3) is 11.0 Å². The van der Waals surface area contributed by atoms with E-state index >= 15 is 0 Å². The molecule has 0 atom stereocenters. The summed E-state index contributed by atoms with van der Waals surface area (Å²) in [4.78, 5) is 18.4. The average molecular weight is 499 g/mol. The summed E-state index contributed by atoms with van der Waals surface area (Å²) in [6, 6.07) is 6.21. The molecule has 0 saturated carbocycles. The van der Waals surface area contributed by atoms with Crippen molar-refractivity contribution in [2.75, 3.05) is 31.1 Å². The van der Waals surface area contributed by atoms with E-state index in [-0.39, 0.29) is 22.8 Å². The Hall–Kier alpha value is -2.85. The maximum atomic E-state index is 13.7. The molecule has 2 heterocycles. The number of imidazole rings is 1. The van der Waals surface area contributed by atoms with Gasteiger partial charge in [-0.3, -0.25) is 0 Å². The number of esters is 1. The van der Waals surface area contributed by atoms with Gasteiger partial charge in [-0.25, -0.2) is 14.2 Å². The highest BCUT2D eigenvalue weighted by Crippen LogP contribution is 2.37. The van der Waals surface area contributed by atoms with Crippen molar-refractivity contribution < 1.29 is 27.1 Å². The van der Waals surface area contributed by atoms with Crippen LogP contribution in [-0.4, -0.2) is 47.9 Å². The van der Waals surface area contributed by atoms with Gasteiger partial charge in [-0.1, -0.05) is 24.6 Å². The van der Waals surface area contributed by atoms with Gasteiger partial charge in [0, 0.05) is 26.2 Å². The zero-order valence-corrected chi connectivity index (χ0v) is 19.4. The summed E-state index contributed by atoms with van der Waals surface area (Å²) in [5.74, 6) is -2.53. The van der Waals surface area contributed by atoms with Gasteiger partial charge in [0.2, 0.25) is 5.95 Å². The second-order valence-corrected chi connectivity index (χ2v) is 8.49. The smallest absolute Gasteiger partial charge is 0.417 e. The van der Waals surface area contributed by atoms with E-state index in [4.69, 9.17) is 16.3 Å². The van der Waals surface area contributed by atoms with Crippen LogP contribution in [0.5, 0.6) is 5.75 Å². The Labute approximate surface area is 198 Å². The van der Waals surface area contributed by atoms with Crippen molar-refractivity contribution in [3.63, 3.8) is 0 Å². The fourth-order valence-corrected chi connectivity index (χ4v) is 4.29. The van der Waals surface area contributed by atoms with E-state index in [1.165, 1.54) is 12.1 Å². The predicted octanol–water partition coefficient (Wildman–Crippen LogP) is 4.63. The van der Waals surface area contributed by atoms with Crippen LogP contribution in [0.3, 0.4) is 0 Å². The Bertz CT molecular complexity index is 1240. The highest BCUT2D eigenvalue weighted by atomic mass is 35.5. The number of hydrogen-bond donors (Lipinski definition) is 1. The number of fused-ring (bicyclic) bond motifs is 1. The van der Waals surface area contributed by atoms with Gasteiger partial charge in [0.1, 0.15) is 11.3 Å². The SMILES string of the molecule is CCc1cc2c(nc(N3CCNCC3)n2Cc2ccc(F)c(Cl)c2)c(OC(=O)C(F)(F)F)c1C. The summed E-state index contributed by atoms with van der Waals surface area (Å²) >= 11 is 5.97. The number of carbonyl (C=O) groups is 1. The molecule has 1 aliphatic heterocycles. The quantitative estimate of drug-likeness (QED) is 0.316. The minimum atomic E-state index is -5.14. The molecule has 0 unspecified atom stereocenters. The van der Waals surface area contributed by atoms with Gasteiger partial charge in [-0.15, -0.1) is 0 Å². The maximum Gasteiger partial charge on any atom is 0.491 e. The first-order valence-corrected chi connectivity index (χ1v) is 11.2. The first-order valence-electron chi connectivity index (χ1n) is 10.8. The van der Waals surface area contributed by atoms with Crippen LogP contribution >= 0.6 is 11.6 Å². The van der Waals surface area contributed by atoms with E-state index in [1.54, 1.807) is 13.0 Å². The number of rotatable bonds is 5. The van der Waals surface area contributed by atoms with E-state index in [0.717, 1.165) is 5.56 Å². The van der Waals surface area contributed by atoms with Crippen LogP contribution in [-0.2, 0) is 17.8 Å².